The molecule has 7 nitrogen and oxygen atoms in total. The first-order chi connectivity index (χ1) is 9.40. The Balaban J connectivity index is 2.01. The number of hydrogen-bond acceptors (Lipinski definition) is 5. The van der Waals surface area contributed by atoms with Crippen LogP contribution < -0.4 is 0 Å². The third-order valence-corrected chi connectivity index (χ3v) is 2.92. The minimum atomic E-state index is -0.484. The van der Waals surface area contributed by atoms with Crippen molar-refractivity contribution in [3.05, 3.63) is 11.6 Å². The Morgan fingerprint density at radius 3 is 2.70 bits per heavy atom. The summed E-state index contributed by atoms with van der Waals surface area (Å²) >= 11 is 0. The minimum Gasteiger partial charge on any atom is -0.444 e. The first-order valence-electron chi connectivity index (χ1n) is 6.87. The van der Waals surface area contributed by atoms with Gasteiger partial charge in [0.2, 0.25) is 0 Å². The molecular weight excluding hydrogens is 260 g/mol. The van der Waals surface area contributed by atoms with E-state index in [2.05, 4.69) is 10.2 Å². The predicted molar refractivity (Wildman–Crippen MR) is 72.0 cm³/mol. The second kappa shape index (κ2) is 5.78. The summed E-state index contributed by atoms with van der Waals surface area (Å²) in [5.41, 5.74) is -0.484. The molecule has 0 unspecified atom stereocenters. The largest absolute Gasteiger partial charge is 0.444 e. The molecule has 0 radical (unpaired) electrons. The highest BCUT2D eigenvalue weighted by atomic mass is 16.6. The summed E-state index contributed by atoms with van der Waals surface area (Å²) in [4.78, 5) is 13.7. The molecule has 0 spiro atoms. The Kier molecular flexibility index (Phi) is 4.27. The van der Waals surface area contributed by atoms with E-state index in [9.17, 15) is 4.79 Å². The number of carbonyl (C=O) groups is 1. The van der Waals surface area contributed by atoms with Crippen molar-refractivity contribution in [1.82, 2.24) is 19.7 Å². The molecule has 0 aromatic carbocycles. The number of ether oxygens (including phenoxy) is 2. The topological polar surface area (TPSA) is 69.5 Å². The molecule has 20 heavy (non-hydrogen) atoms. The van der Waals surface area contributed by atoms with Gasteiger partial charge in [0.15, 0.2) is 11.6 Å². The van der Waals surface area contributed by atoms with Gasteiger partial charge in [0.25, 0.3) is 0 Å². The van der Waals surface area contributed by atoms with Gasteiger partial charge in [-0.1, -0.05) is 0 Å². The van der Waals surface area contributed by atoms with Gasteiger partial charge < -0.3 is 14.0 Å². The van der Waals surface area contributed by atoms with E-state index in [4.69, 9.17) is 9.47 Å². The Hall–Kier alpha value is -1.63. The highest BCUT2D eigenvalue weighted by Gasteiger charge is 2.27. The van der Waals surface area contributed by atoms with Crippen molar-refractivity contribution >= 4 is 6.09 Å². The van der Waals surface area contributed by atoms with Crippen LogP contribution in [-0.2, 0) is 29.2 Å². The normalized spacial score (nSPS) is 15.1. The monoisotopic (exact) mass is 282 g/mol. The van der Waals surface area contributed by atoms with Crippen LogP contribution >= 0.6 is 0 Å². The van der Waals surface area contributed by atoms with Crippen LogP contribution in [0.3, 0.4) is 0 Å². The second-order valence-electron chi connectivity index (χ2n) is 5.72. The van der Waals surface area contributed by atoms with Gasteiger partial charge >= 0.3 is 6.09 Å². The molecule has 1 aromatic heterocycles. The number of rotatable bonds is 3. The first-order valence-corrected chi connectivity index (χ1v) is 6.87. The lowest BCUT2D eigenvalue weighted by Gasteiger charge is -2.30. The molecule has 1 aliphatic heterocycles. The molecule has 0 N–H and O–H groups in total. The maximum atomic E-state index is 12.0. The van der Waals surface area contributed by atoms with Gasteiger partial charge in [-0.15, -0.1) is 10.2 Å². The molecule has 1 aliphatic rings. The summed E-state index contributed by atoms with van der Waals surface area (Å²) < 4.78 is 12.7. The van der Waals surface area contributed by atoms with Crippen LogP contribution in [0, 0.1) is 0 Å². The molecule has 0 aliphatic carbocycles. The van der Waals surface area contributed by atoms with Gasteiger partial charge in [0.05, 0.1) is 6.54 Å². The lowest BCUT2D eigenvalue weighted by atomic mass is 10.2. The average Bonchev–Trinajstić information content (AvgIpc) is 2.76. The van der Waals surface area contributed by atoms with Crippen molar-refractivity contribution < 1.29 is 14.3 Å². The number of fused-ring (bicyclic) bond motifs is 1. The zero-order valence-electron chi connectivity index (χ0n) is 12.5. The average molecular weight is 282 g/mol. The number of nitrogens with zero attached hydrogens (tertiary/aromatic N) is 4. The van der Waals surface area contributed by atoms with E-state index in [1.807, 2.05) is 32.3 Å². The highest BCUT2D eigenvalue weighted by molar-refractivity contribution is 5.68. The Morgan fingerprint density at radius 2 is 2.05 bits per heavy atom. The van der Waals surface area contributed by atoms with Gasteiger partial charge in [0.1, 0.15) is 12.2 Å². The van der Waals surface area contributed by atoms with Crippen molar-refractivity contribution in [3.63, 3.8) is 0 Å². The van der Waals surface area contributed by atoms with E-state index in [1.165, 1.54) is 0 Å². The summed E-state index contributed by atoms with van der Waals surface area (Å²) in [6, 6.07) is 0. The van der Waals surface area contributed by atoms with Crippen LogP contribution in [-0.4, -0.2) is 44.5 Å². The number of carbonyl (C=O) groups excluding carboxylic acids is 1. The molecule has 7 heteroatoms. The van der Waals surface area contributed by atoms with Crippen molar-refractivity contribution in [2.24, 2.45) is 0 Å². The van der Waals surface area contributed by atoms with E-state index in [0.29, 0.717) is 32.8 Å². The van der Waals surface area contributed by atoms with Crippen LogP contribution in [0.1, 0.15) is 39.3 Å². The van der Waals surface area contributed by atoms with Crippen LogP contribution in [0.25, 0.3) is 0 Å². The maximum absolute atomic E-state index is 12.0. The van der Waals surface area contributed by atoms with E-state index >= 15 is 0 Å². The van der Waals surface area contributed by atoms with Crippen LogP contribution in [0.15, 0.2) is 0 Å². The van der Waals surface area contributed by atoms with Crippen LogP contribution in [0.4, 0.5) is 4.79 Å². The van der Waals surface area contributed by atoms with Gasteiger partial charge in [-0.3, -0.25) is 4.90 Å². The molecule has 0 bridgehead atoms. The molecule has 2 heterocycles. The molecule has 0 atom stereocenters. The van der Waals surface area contributed by atoms with E-state index in [-0.39, 0.29) is 6.09 Å². The number of aromatic nitrogens is 3. The van der Waals surface area contributed by atoms with E-state index in [1.54, 1.807) is 4.90 Å². The van der Waals surface area contributed by atoms with Crippen LogP contribution in [0.5, 0.6) is 0 Å². The van der Waals surface area contributed by atoms with E-state index in [0.717, 1.165) is 11.6 Å². The zero-order chi connectivity index (χ0) is 14.8. The zero-order valence-corrected chi connectivity index (χ0v) is 12.5. The fraction of sp³-hybridized carbons (Fsp3) is 0.769. The van der Waals surface area contributed by atoms with Crippen molar-refractivity contribution in [2.45, 2.75) is 53.0 Å². The van der Waals surface area contributed by atoms with Crippen LogP contribution in [0.2, 0.25) is 0 Å². The Bertz CT molecular complexity index is 478. The molecule has 1 aromatic rings. The predicted octanol–water partition coefficient (Wildman–Crippen LogP) is 1.57. The third-order valence-electron chi connectivity index (χ3n) is 2.92. The molecule has 2 rings (SSSR count). The molecule has 0 saturated heterocycles. The van der Waals surface area contributed by atoms with Crippen molar-refractivity contribution in [2.75, 3.05) is 13.2 Å². The van der Waals surface area contributed by atoms with Gasteiger partial charge in [0, 0.05) is 19.7 Å². The number of amides is 1. The summed E-state index contributed by atoms with van der Waals surface area (Å²) in [7, 11) is 0. The van der Waals surface area contributed by atoms with E-state index < -0.39 is 5.60 Å². The SMILES string of the molecule is CCOCc1nnc2n1CCN(C(=O)OC(C)(C)C)C2. The maximum Gasteiger partial charge on any atom is 0.410 e. The first kappa shape index (κ1) is 14.8. The van der Waals surface area contributed by atoms with Gasteiger partial charge in [-0.25, -0.2) is 4.79 Å². The summed E-state index contributed by atoms with van der Waals surface area (Å²) in [6.45, 7) is 10.3. The van der Waals surface area contributed by atoms with Gasteiger partial charge in [-0.2, -0.15) is 0 Å². The molecule has 0 fully saturated rings. The lowest BCUT2D eigenvalue weighted by Crippen LogP contribution is -2.41. The summed E-state index contributed by atoms with van der Waals surface area (Å²) in [5.74, 6) is 1.59. The molecule has 1 amide bonds. The molecule has 112 valence electrons. The fourth-order valence-corrected chi connectivity index (χ4v) is 2.00. The van der Waals surface area contributed by atoms with Crippen molar-refractivity contribution in [1.29, 1.82) is 0 Å². The van der Waals surface area contributed by atoms with Crippen molar-refractivity contribution in [3.8, 4) is 0 Å². The third kappa shape index (κ3) is 3.47. The summed E-state index contributed by atoms with van der Waals surface area (Å²) in [6.07, 6.45) is -0.307. The second-order valence-corrected chi connectivity index (χ2v) is 5.72. The fourth-order valence-electron chi connectivity index (χ4n) is 2.00. The highest BCUT2D eigenvalue weighted by Crippen LogP contribution is 2.16. The number of hydrogen-bond donors (Lipinski definition) is 0. The van der Waals surface area contributed by atoms with Gasteiger partial charge in [-0.05, 0) is 27.7 Å². The minimum absolute atomic E-state index is 0.307. The Labute approximate surface area is 118 Å². The molecular formula is C13H22N4O3. The summed E-state index contributed by atoms with van der Waals surface area (Å²) in [5, 5.41) is 8.24. The lowest BCUT2D eigenvalue weighted by molar-refractivity contribution is 0.0192. The quantitative estimate of drug-likeness (QED) is 0.841. The Morgan fingerprint density at radius 1 is 1.30 bits per heavy atom. The smallest absolute Gasteiger partial charge is 0.410 e. The standard InChI is InChI=1S/C13H22N4O3/c1-5-19-9-11-15-14-10-8-16(6-7-17(10)11)12(18)20-13(2,3)4/h5-9H2,1-4H3. The molecule has 0 saturated carbocycles.